The largest absolute Gasteiger partial charge is 0.379 e. The quantitative estimate of drug-likeness (QED) is 0.509. The number of Topliss-reactive ketones (excluding diaryl/α,β-unsaturated/α-hetero) is 1. The van der Waals surface area contributed by atoms with Gasteiger partial charge >= 0.3 is 0 Å². The number of amides is 2. The van der Waals surface area contributed by atoms with Gasteiger partial charge in [-0.1, -0.05) is 13.8 Å². The zero-order valence-corrected chi connectivity index (χ0v) is 16.3. The SMILES string of the molecule is CCOCCOCCC(=O)NCC(=O)NC1CCC(C(=O)C(C)C)CC1.[HH].[HH]. The van der Waals surface area contributed by atoms with Crippen LogP contribution in [0.3, 0.4) is 0 Å². The highest BCUT2D eigenvalue weighted by molar-refractivity contribution is 5.85. The number of carbonyl (C=O) groups is 3. The summed E-state index contributed by atoms with van der Waals surface area (Å²) in [6.45, 7) is 7.70. The molecule has 7 nitrogen and oxygen atoms in total. The first-order chi connectivity index (χ1) is 12.4. The van der Waals surface area contributed by atoms with Crippen molar-refractivity contribution in [2.75, 3.05) is 33.0 Å². The summed E-state index contributed by atoms with van der Waals surface area (Å²) in [5.74, 6) is 0.137. The number of hydrogen-bond donors (Lipinski definition) is 2. The summed E-state index contributed by atoms with van der Waals surface area (Å²) < 4.78 is 10.4. The lowest BCUT2D eigenvalue weighted by atomic mass is 9.80. The number of carbonyl (C=O) groups excluding carboxylic acids is 3. The second-order valence-corrected chi connectivity index (χ2v) is 7.01. The Balaban J connectivity index is 0. The molecule has 2 amide bonds. The second kappa shape index (κ2) is 12.8. The van der Waals surface area contributed by atoms with Crippen LogP contribution >= 0.6 is 0 Å². The van der Waals surface area contributed by atoms with Crippen LogP contribution in [0.2, 0.25) is 0 Å². The lowest BCUT2D eigenvalue weighted by molar-refractivity contribution is -0.128. The van der Waals surface area contributed by atoms with Gasteiger partial charge in [-0.3, -0.25) is 14.4 Å². The molecule has 7 heteroatoms. The molecule has 0 radical (unpaired) electrons. The van der Waals surface area contributed by atoms with Crippen molar-refractivity contribution in [2.45, 2.75) is 58.9 Å². The van der Waals surface area contributed by atoms with E-state index in [1.807, 2.05) is 20.8 Å². The Morgan fingerprint density at radius 3 is 2.27 bits per heavy atom. The molecule has 0 saturated heterocycles. The zero-order valence-electron chi connectivity index (χ0n) is 16.3. The van der Waals surface area contributed by atoms with E-state index in [1.54, 1.807) is 0 Å². The molecule has 0 aromatic heterocycles. The molecule has 154 valence electrons. The number of nitrogens with one attached hydrogen (secondary N) is 2. The minimum absolute atomic E-state index is 0. The molecule has 1 saturated carbocycles. The van der Waals surface area contributed by atoms with E-state index < -0.39 is 0 Å². The summed E-state index contributed by atoms with van der Waals surface area (Å²) in [6.07, 6.45) is 3.51. The van der Waals surface area contributed by atoms with Crippen molar-refractivity contribution >= 4 is 17.6 Å². The Hall–Kier alpha value is -1.47. The first kappa shape index (κ1) is 22.6. The third-order valence-corrected chi connectivity index (χ3v) is 4.56. The van der Waals surface area contributed by atoms with E-state index in [-0.39, 0.29) is 45.5 Å². The highest BCUT2D eigenvalue weighted by Crippen LogP contribution is 2.27. The first-order valence-corrected chi connectivity index (χ1v) is 9.69. The summed E-state index contributed by atoms with van der Waals surface area (Å²) in [5.41, 5.74) is 0. The van der Waals surface area contributed by atoms with Crippen molar-refractivity contribution in [1.29, 1.82) is 0 Å². The van der Waals surface area contributed by atoms with Crippen LogP contribution in [0.5, 0.6) is 0 Å². The molecule has 1 rings (SSSR count). The van der Waals surface area contributed by atoms with Gasteiger partial charge in [0.05, 0.1) is 26.4 Å². The Bertz CT molecular complexity index is 456. The van der Waals surface area contributed by atoms with Gasteiger partial charge in [0.2, 0.25) is 11.8 Å². The summed E-state index contributed by atoms with van der Waals surface area (Å²) in [4.78, 5) is 35.6. The smallest absolute Gasteiger partial charge is 0.239 e. The minimum atomic E-state index is -0.206. The molecule has 1 fully saturated rings. The molecule has 0 unspecified atom stereocenters. The molecule has 0 atom stereocenters. The van der Waals surface area contributed by atoms with Crippen LogP contribution in [0, 0.1) is 11.8 Å². The molecule has 0 spiro atoms. The minimum Gasteiger partial charge on any atom is -0.379 e. The molecule has 0 aromatic carbocycles. The summed E-state index contributed by atoms with van der Waals surface area (Å²) in [5, 5.41) is 5.54. The maximum absolute atomic E-state index is 12.0. The van der Waals surface area contributed by atoms with Crippen LogP contribution in [0.4, 0.5) is 0 Å². The van der Waals surface area contributed by atoms with Crippen molar-refractivity contribution in [2.24, 2.45) is 11.8 Å². The van der Waals surface area contributed by atoms with Crippen LogP contribution < -0.4 is 10.6 Å². The number of ketones is 1. The molecule has 2 N–H and O–H groups in total. The maximum atomic E-state index is 12.0. The highest BCUT2D eigenvalue weighted by atomic mass is 16.5. The maximum Gasteiger partial charge on any atom is 0.239 e. The van der Waals surface area contributed by atoms with Crippen LogP contribution in [0.25, 0.3) is 0 Å². The molecule has 0 bridgehead atoms. The highest BCUT2D eigenvalue weighted by Gasteiger charge is 2.28. The fourth-order valence-corrected chi connectivity index (χ4v) is 3.07. The van der Waals surface area contributed by atoms with E-state index in [0.717, 1.165) is 25.7 Å². The fourth-order valence-electron chi connectivity index (χ4n) is 3.07. The normalized spacial score (nSPS) is 20.0. The Morgan fingerprint density at radius 2 is 1.65 bits per heavy atom. The summed E-state index contributed by atoms with van der Waals surface area (Å²) in [7, 11) is 0. The van der Waals surface area contributed by atoms with Crippen molar-refractivity contribution in [3.63, 3.8) is 0 Å². The molecule has 0 heterocycles. The Morgan fingerprint density at radius 1 is 1.00 bits per heavy atom. The molecule has 0 aliphatic heterocycles. The lowest BCUT2D eigenvalue weighted by Gasteiger charge is -2.29. The average Bonchev–Trinajstić information content (AvgIpc) is 2.63. The number of rotatable bonds is 12. The van der Waals surface area contributed by atoms with Crippen molar-refractivity contribution in [3.8, 4) is 0 Å². The molecule has 0 aromatic rings. The van der Waals surface area contributed by atoms with Gasteiger partial charge < -0.3 is 20.1 Å². The molecule has 26 heavy (non-hydrogen) atoms. The van der Waals surface area contributed by atoms with Crippen molar-refractivity contribution in [1.82, 2.24) is 10.6 Å². The number of ether oxygens (including phenoxy) is 2. The Kier molecular flexibility index (Phi) is 11.1. The van der Waals surface area contributed by atoms with Gasteiger partial charge in [0, 0.05) is 33.8 Å². The van der Waals surface area contributed by atoms with E-state index in [4.69, 9.17) is 9.47 Å². The van der Waals surface area contributed by atoms with Crippen molar-refractivity contribution < 1.29 is 26.7 Å². The van der Waals surface area contributed by atoms with Gasteiger partial charge in [0.25, 0.3) is 0 Å². The van der Waals surface area contributed by atoms with Gasteiger partial charge in [-0.2, -0.15) is 0 Å². The van der Waals surface area contributed by atoms with Crippen LogP contribution in [-0.2, 0) is 23.9 Å². The number of hydrogen-bond acceptors (Lipinski definition) is 5. The summed E-state index contributed by atoms with van der Waals surface area (Å²) >= 11 is 0. The third kappa shape index (κ3) is 9.29. The van der Waals surface area contributed by atoms with Crippen LogP contribution in [0.15, 0.2) is 0 Å². The predicted octanol–water partition coefficient (Wildman–Crippen LogP) is 1.94. The lowest BCUT2D eigenvalue weighted by Crippen LogP contribution is -2.44. The predicted molar refractivity (Wildman–Crippen MR) is 103 cm³/mol. The average molecular weight is 375 g/mol. The van der Waals surface area contributed by atoms with Crippen LogP contribution in [0.1, 0.15) is 55.7 Å². The van der Waals surface area contributed by atoms with Gasteiger partial charge in [0.1, 0.15) is 5.78 Å². The van der Waals surface area contributed by atoms with Gasteiger partial charge in [-0.05, 0) is 32.6 Å². The van der Waals surface area contributed by atoms with Gasteiger partial charge in [-0.25, -0.2) is 0 Å². The monoisotopic (exact) mass is 374 g/mol. The zero-order chi connectivity index (χ0) is 19.4. The molecular weight excluding hydrogens is 336 g/mol. The summed E-state index contributed by atoms with van der Waals surface area (Å²) in [6, 6.07) is 0.0949. The second-order valence-electron chi connectivity index (χ2n) is 7.01. The van der Waals surface area contributed by atoms with E-state index in [1.165, 1.54) is 0 Å². The first-order valence-electron chi connectivity index (χ1n) is 9.69. The van der Waals surface area contributed by atoms with Crippen LogP contribution in [-0.4, -0.2) is 56.6 Å². The van der Waals surface area contributed by atoms with E-state index in [9.17, 15) is 14.4 Å². The van der Waals surface area contributed by atoms with Gasteiger partial charge in [-0.15, -0.1) is 0 Å². The van der Waals surface area contributed by atoms with Gasteiger partial charge in [0.15, 0.2) is 0 Å². The standard InChI is InChI=1S/C19H34N2O5.2H2/c1-4-25-11-12-26-10-9-17(22)20-13-18(23)21-16-7-5-15(6-8-16)19(24)14(2)3;;/h14-16H,4-13H2,1-3H3,(H,20,22)(H,21,23);2*1H. The molecule has 1 aliphatic carbocycles. The van der Waals surface area contributed by atoms with E-state index >= 15 is 0 Å². The van der Waals surface area contributed by atoms with E-state index in [2.05, 4.69) is 10.6 Å². The van der Waals surface area contributed by atoms with E-state index in [0.29, 0.717) is 32.2 Å². The Labute approximate surface area is 159 Å². The van der Waals surface area contributed by atoms with Crippen molar-refractivity contribution in [3.05, 3.63) is 0 Å². The fraction of sp³-hybridized carbons (Fsp3) is 0.842. The molecular formula is C19H38N2O5. The third-order valence-electron chi connectivity index (χ3n) is 4.56. The topological polar surface area (TPSA) is 93.7 Å². The molecule has 1 aliphatic rings.